The predicted molar refractivity (Wildman–Crippen MR) is 95.9 cm³/mol. The maximum atomic E-state index is 12.6. The van der Waals surface area contributed by atoms with Crippen LogP contribution < -0.4 is 16.0 Å². The van der Waals surface area contributed by atoms with Crippen LogP contribution in [0.4, 0.5) is 0 Å². The van der Waals surface area contributed by atoms with Gasteiger partial charge in [-0.15, -0.1) is 0 Å². The van der Waals surface area contributed by atoms with Gasteiger partial charge in [-0.3, -0.25) is 19.6 Å². The molecule has 7 heteroatoms. The van der Waals surface area contributed by atoms with Gasteiger partial charge in [0.2, 0.25) is 0 Å². The van der Waals surface area contributed by atoms with E-state index in [9.17, 15) is 9.59 Å². The van der Waals surface area contributed by atoms with Crippen molar-refractivity contribution < 1.29 is 14.3 Å². The average molecular weight is 358 g/mol. The molecule has 1 heterocycles. The molecule has 0 saturated heterocycles. The van der Waals surface area contributed by atoms with Crippen LogP contribution in [0, 0.1) is 6.92 Å². The van der Waals surface area contributed by atoms with Crippen LogP contribution in [-0.2, 0) is 0 Å². The van der Waals surface area contributed by atoms with Crippen molar-refractivity contribution in [3.05, 3.63) is 64.8 Å². The van der Waals surface area contributed by atoms with Gasteiger partial charge in [-0.2, -0.15) is 0 Å². The fraction of sp³-hybridized carbons (Fsp3) is 0.111. The Labute approximate surface area is 149 Å². The molecule has 25 heavy (non-hydrogen) atoms. The van der Waals surface area contributed by atoms with Crippen LogP contribution in [-0.4, -0.2) is 23.0 Å². The summed E-state index contributed by atoms with van der Waals surface area (Å²) in [6, 6.07) is 12.3. The fourth-order valence-electron chi connectivity index (χ4n) is 2.63. The number of carbonyl (C=O) groups is 2. The number of fused-ring (bicyclic) bond motifs is 1. The van der Waals surface area contributed by atoms with Gasteiger partial charge >= 0.3 is 0 Å². The van der Waals surface area contributed by atoms with Crippen LogP contribution in [0.1, 0.15) is 20.7 Å². The van der Waals surface area contributed by atoms with Crippen LogP contribution in [0.15, 0.2) is 48.7 Å². The average Bonchev–Trinajstić information content (AvgIpc) is 3.00. The van der Waals surface area contributed by atoms with Gasteiger partial charge in [0.25, 0.3) is 11.8 Å². The van der Waals surface area contributed by atoms with Crippen molar-refractivity contribution in [3.8, 4) is 5.75 Å². The highest BCUT2D eigenvalue weighted by Gasteiger charge is 2.18. The molecule has 0 saturated carbocycles. The van der Waals surface area contributed by atoms with Gasteiger partial charge in [0.05, 0.1) is 11.1 Å². The number of hydrogen-bond acceptors (Lipinski definition) is 4. The number of nitrogens with two attached hydrogens (primary N) is 1. The Kier molecular flexibility index (Phi) is 4.74. The third-order valence-corrected chi connectivity index (χ3v) is 4.08. The number of nitrogen functional groups attached to an aromatic ring is 1. The number of benzene rings is 2. The number of para-hydroxylation sites is 1. The van der Waals surface area contributed by atoms with Crippen molar-refractivity contribution in [2.75, 3.05) is 6.61 Å². The Balaban J connectivity index is 1.88. The summed E-state index contributed by atoms with van der Waals surface area (Å²) in [6.45, 7) is 1.67. The number of rotatable bonds is 4. The summed E-state index contributed by atoms with van der Waals surface area (Å²) < 4.78 is 6.99. The monoisotopic (exact) mass is 357 g/mol. The van der Waals surface area contributed by atoms with E-state index in [0.717, 1.165) is 5.56 Å². The maximum Gasteiger partial charge on any atom is 0.269 e. The lowest BCUT2D eigenvalue weighted by molar-refractivity contribution is 0.0842. The zero-order valence-electron chi connectivity index (χ0n) is 13.5. The van der Waals surface area contributed by atoms with Crippen molar-refractivity contribution in [1.82, 2.24) is 9.99 Å². The molecule has 0 atom stereocenters. The number of hydrazine groups is 1. The molecule has 2 aromatic carbocycles. The molecule has 0 aliphatic carbocycles. The molecule has 0 fully saturated rings. The quantitative estimate of drug-likeness (QED) is 0.427. The molecular formula is C18H16ClN3O3. The number of carbonyl (C=O) groups excluding carboxylic acids is 2. The van der Waals surface area contributed by atoms with Gasteiger partial charge in [-0.05, 0) is 36.8 Å². The minimum atomic E-state index is -0.461. The molecular weight excluding hydrogens is 342 g/mol. The van der Waals surface area contributed by atoms with E-state index in [4.69, 9.17) is 22.2 Å². The first-order valence-electron chi connectivity index (χ1n) is 7.54. The van der Waals surface area contributed by atoms with Crippen LogP contribution in [0.2, 0.25) is 5.02 Å². The van der Waals surface area contributed by atoms with Gasteiger partial charge in [-0.25, -0.2) is 5.84 Å². The summed E-state index contributed by atoms with van der Waals surface area (Å²) in [7, 11) is 0. The summed E-state index contributed by atoms with van der Waals surface area (Å²) >= 11 is 5.91. The lowest BCUT2D eigenvalue weighted by atomic mass is 10.2. The SMILES string of the molecule is Cc1cc(Cl)ccc1OCC(=O)n1cc(C(=O)NN)c2ccccc21. The fourth-order valence-corrected chi connectivity index (χ4v) is 2.86. The smallest absolute Gasteiger partial charge is 0.269 e. The van der Waals surface area contributed by atoms with Crippen LogP contribution in [0.5, 0.6) is 5.75 Å². The Morgan fingerprint density at radius 1 is 1.24 bits per heavy atom. The Bertz CT molecular complexity index is 965. The summed E-state index contributed by atoms with van der Waals surface area (Å²) in [5.41, 5.74) is 3.86. The molecule has 1 aromatic heterocycles. The minimum absolute atomic E-state index is 0.176. The molecule has 0 radical (unpaired) electrons. The van der Waals surface area contributed by atoms with E-state index in [-0.39, 0.29) is 12.5 Å². The number of nitrogens with zero attached hydrogens (tertiary/aromatic N) is 1. The van der Waals surface area contributed by atoms with Gasteiger partial charge in [0.15, 0.2) is 6.61 Å². The van der Waals surface area contributed by atoms with Crippen molar-refractivity contribution in [2.45, 2.75) is 6.92 Å². The van der Waals surface area contributed by atoms with Gasteiger partial charge in [0.1, 0.15) is 5.75 Å². The normalized spacial score (nSPS) is 10.7. The van der Waals surface area contributed by atoms with Gasteiger partial charge in [0, 0.05) is 16.6 Å². The number of ether oxygens (including phenoxy) is 1. The highest BCUT2D eigenvalue weighted by atomic mass is 35.5. The van der Waals surface area contributed by atoms with Crippen molar-refractivity contribution in [1.29, 1.82) is 0 Å². The zero-order chi connectivity index (χ0) is 18.0. The second-order valence-corrected chi connectivity index (χ2v) is 5.93. The Morgan fingerprint density at radius 2 is 2.00 bits per heavy atom. The number of aryl methyl sites for hydroxylation is 1. The largest absolute Gasteiger partial charge is 0.483 e. The van der Waals surface area contributed by atoms with Crippen LogP contribution in [0.25, 0.3) is 10.9 Å². The number of halogens is 1. The molecule has 128 valence electrons. The lowest BCUT2D eigenvalue weighted by Crippen LogP contribution is -2.29. The first kappa shape index (κ1) is 17.0. The van der Waals surface area contributed by atoms with Crippen molar-refractivity contribution in [3.63, 3.8) is 0 Å². The summed E-state index contributed by atoms with van der Waals surface area (Å²) in [4.78, 5) is 24.5. The zero-order valence-corrected chi connectivity index (χ0v) is 14.2. The molecule has 1 amide bonds. The summed E-state index contributed by atoms with van der Waals surface area (Å²) in [5.74, 6) is 5.03. The van der Waals surface area contributed by atoms with E-state index in [1.807, 2.05) is 6.92 Å². The second kappa shape index (κ2) is 6.96. The number of nitrogens with one attached hydrogen (secondary N) is 1. The third kappa shape index (κ3) is 3.35. The first-order valence-corrected chi connectivity index (χ1v) is 7.92. The molecule has 3 rings (SSSR count). The van der Waals surface area contributed by atoms with Gasteiger partial charge < -0.3 is 4.74 Å². The molecule has 0 unspecified atom stereocenters. The maximum absolute atomic E-state index is 12.6. The van der Waals surface area contributed by atoms with Crippen LogP contribution in [0.3, 0.4) is 0 Å². The van der Waals surface area contributed by atoms with E-state index in [0.29, 0.717) is 27.2 Å². The molecule has 6 nitrogen and oxygen atoms in total. The van der Waals surface area contributed by atoms with Crippen molar-refractivity contribution in [2.24, 2.45) is 5.84 Å². The van der Waals surface area contributed by atoms with E-state index < -0.39 is 5.91 Å². The van der Waals surface area contributed by atoms with E-state index in [2.05, 4.69) is 5.43 Å². The Hall–Kier alpha value is -2.83. The summed E-state index contributed by atoms with van der Waals surface area (Å²) in [6.07, 6.45) is 1.47. The molecule has 0 spiro atoms. The van der Waals surface area contributed by atoms with Crippen LogP contribution >= 0.6 is 11.6 Å². The van der Waals surface area contributed by atoms with E-state index in [1.165, 1.54) is 10.8 Å². The third-order valence-electron chi connectivity index (χ3n) is 3.84. The summed E-state index contributed by atoms with van der Waals surface area (Å²) in [5, 5.41) is 1.24. The second-order valence-electron chi connectivity index (χ2n) is 5.50. The number of aromatic nitrogens is 1. The van der Waals surface area contributed by atoms with Gasteiger partial charge in [-0.1, -0.05) is 29.8 Å². The highest BCUT2D eigenvalue weighted by Crippen LogP contribution is 2.23. The number of hydrogen-bond donors (Lipinski definition) is 2. The van der Waals surface area contributed by atoms with Crippen molar-refractivity contribution >= 4 is 34.3 Å². The molecule has 0 bridgehead atoms. The molecule has 3 N–H and O–H groups in total. The predicted octanol–water partition coefficient (Wildman–Crippen LogP) is 2.93. The van der Waals surface area contributed by atoms with E-state index >= 15 is 0 Å². The van der Waals surface area contributed by atoms with E-state index in [1.54, 1.807) is 42.5 Å². The standard InChI is InChI=1S/C18H16ClN3O3/c1-11-8-12(19)6-7-16(11)25-10-17(23)22-9-14(18(24)21-20)13-4-2-3-5-15(13)22/h2-9H,10,20H2,1H3,(H,21,24). The molecule has 0 aliphatic heterocycles. The number of amides is 1. The molecule has 3 aromatic rings. The minimum Gasteiger partial charge on any atom is -0.483 e. The first-order chi connectivity index (χ1) is 12.0. The lowest BCUT2D eigenvalue weighted by Gasteiger charge is -2.09. The Morgan fingerprint density at radius 3 is 2.72 bits per heavy atom. The molecule has 0 aliphatic rings. The highest BCUT2D eigenvalue weighted by molar-refractivity contribution is 6.30. The topological polar surface area (TPSA) is 86.3 Å².